The molecule has 0 bridgehead atoms. The van der Waals surface area contributed by atoms with Crippen molar-refractivity contribution in [3.05, 3.63) is 53.1 Å². The Hall–Kier alpha value is -1.65. The standard InChI is InChI=1S/C15H13ClO3S/c1-18-13-9-11(16)5-8-14(13)20-12-6-3-10(4-7-12)15(17)19-2/h3-9H,1-2H3. The lowest BCUT2D eigenvalue weighted by atomic mass is 10.2. The molecule has 0 radical (unpaired) electrons. The number of hydrogen-bond donors (Lipinski definition) is 0. The number of carbonyl (C=O) groups excluding carboxylic acids is 1. The third-order valence-electron chi connectivity index (χ3n) is 2.63. The van der Waals surface area contributed by atoms with Crippen molar-refractivity contribution in [2.24, 2.45) is 0 Å². The van der Waals surface area contributed by atoms with Crippen molar-refractivity contribution in [3.63, 3.8) is 0 Å². The van der Waals surface area contributed by atoms with Crippen molar-refractivity contribution in [3.8, 4) is 5.75 Å². The second-order valence-corrected chi connectivity index (χ2v) is 5.46. The summed E-state index contributed by atoms with van der Waals surface area (Å²) in [6.07, 6.45) is 0. The number of carbonyl (C=O) groups is 1. The first-order valence-electron chi connectivity index (χ1n) is 5.84. The molecular formula is C15H13ClO3S. The molecule has 5 heteroatoms. The summed E-state index contributed by atoms with van der Waals surface area (Å²) in [5, 5.41) is 0.632. The Morgan fingerprint density at radius 1 is 1.10 bits per heavy atom. The first-order chi connectivity index (χ1) is 9.63. The molecule has 0 aromatic heterocycles. The van der Waals surface area contributed by atoms with E-state index >= 15 is 0 Å². The molecule has 2 aromatic carbocycles. The minimum Gasteiger partial charge on any atom is -0.496 e. The number of rotatable bonds is 4. The highest BCUT2D eigenvalue weighted by Gasteiger charge is 2.08. The van der Waals surface area contributed by atoms with E-state index in [0.29, 0.717) is 10.6 Å². The van der Waals surface area contributed by atoms with Crippen LogP contribution in [-0.2, 0) is 4.74 Å². The van der Waals surface area contributed by atoms with Crippen molar-refractivity contribution < 1.29 is 14.3 Å². The van der Waals surface area contributed by atoms with Gasteiger partial charge in [0.1, 0.15) is 5.75 Å². The number of hydrogen-bond acceptors (Lipinski definition) is 4. The third kappa shape index (κ3) is 3.46. The lowest BCUT2D eigenvalue weighted by molar-refractivity contribution is 0.0600. The first kappa shape index (κ1) is 14.8. The molecule has 0 heterocycles. The molecular weight excluding hydrogens is 296 g/mol. The second kappa shape index (κ2) is 6.68. The van der Waals surface area contributed by atoms with Crippen molar-refractivity contribution in [2.75, 3.05) is 14.2 Å². The Bertz CT molecular complexity index is 611. The minimum atomic E-state index is -0.342. The molecule has 0 amide bonds. The molecule has 0 aliphatic heterocycles. The van der Waals surface area contributed by atoms with Gasteiger partial charge >= 0.3 is 5.97 Å². The molecule has 0 fully saturated rings. The predicted molar refractivity (Wildman–Crippen MR) is 79.9 cm³/mol. The Balaban J connectivity index is 2.20. The van der Waals surface area contributed by atoms with Gasteiger partial charge in [-0.3, -0.25) is 0 Å². The van der Waals surface area contributed by atoms with Gasteiger partial charge in [0.2, 0.25) is 0 Å². The molecule has 0 aliphatic rings. The number of benzene rings is 2. The van der Waals surface area contributed by atoms with Crippen LogP contribution in [0, 0.1) is 0 Å². The second-order valence-electron chi connectivity index (χ2n) is 3.91. The normalized spacial score (nSPS) is 10.2. The Morgan fingerprint density at radius 2 is 1.80 bits per heavy atom. The van der Waals surface area contributed by atoms with Gasteiger partial charge in [0, 0.05) is 9.92 Å². The smallest absolute Gasteiger partial charge is 0.337 e. The van der Waals surface area contributed by atoms with Crippen LogP contribution in [0.25, 0.3) is 0 Å². The molecule has 0 unspecified atom stereocenters. The van der Waals surface area contributed by atoms with Crippen LogP contribution in [0.3, 0.4) is 0 Å². The molecule has 0 atom stereocenters. The maximum Gasteiger partial charge on any atom is 0.337 e. The zero-order valence-corrected chi connectivity index (χ0v) is 12.6. The number of ether oxygens (including phenoxy) is 2. The van der Waals surface area contributed by atoms with Gasteiger partial charge in [-0.25, -0.2) is 4.79 Å². The fraction of sp³-hybridized carbons (Fsp3) is 0.133. The highest BCUT2D eigenvalue weighted by Crippen LogP contribution is 2.36. The van der Waals surface area contributed by atoms with Crippen molar-refractivity contribution >= 4 is 29.3 Å². The van der Waals surface area contributed by atoms with Crippen LogP contribution in [-0.4, -0.2) is 20.2 Å². The highest BCUT2D eigenvalue weighted by atomic mass is 35.5. The molecule has 0 spiro atoms. The third-order valence-corrected chi connectivity index (χ3v) is 3.93. The van der Waals surface area contributed by atoms with Crippen LogP contribution in [0.15, 0.2) is 52.3 Å². The average molecular weight is 309 g/mol. The SMILES string of the molecule is COC(=O)c1ccc(Sc2ccc(Cl)cc2OC)cc1. The highest BCUT2D eigenvalue weighted by molar-refractivity contribution is 7.99. The molecule has 20 heavy (non-hydrogen) atoms. The quantitative estimate of drug-likeness (QED) is 0.790. The fourth-order valence-electron chi connectivity index (χ4n) is 1.63. The van der Waals surface area contributed by atoms with Crippen molar-refractivity contribution in [1.82, 2.24) is 0 Å². The summed E-state index contributed by atoms with van der Waals surface area (Å²) in [6, 6.07) is 12.7. The summed E-state index contributed by atoms with van der Waals surface area (Å²) in [6.45, 7) is 0. The predicted octanol–water partition coefficient (Wildman–Crippen LogP) is 4.29. The average Bonchev–Trinajstić information content (AvgIpc) is 2.49. The molecule has 0 aliphatic carbocycles. The number of methoxy groups -OCH3 is 2. The van der Waals surface area contributed by atoms with Gasteiger partial charge in [0.25, 0.3) is 0 Å². The fourth-order valence-corrected chi connectivity index (χ4v) is 2.70. The van der Waals surface area contributed by atoms with Gasteiger partial charge in [-0.2, -0.15) is 0 Å². The molecule has 104 valence electrons. The Labute approximate surface area is 126 Å². The largest absolute Gasteiger partial charge is 0.496 e. The zero-order chi connectivity index (χ0) is 14.5. The van der Waals surface area contributed by atoms with Gasteiger partial charge in [-0.15, -0.1) is 0 Å². The van der Waals surface area contributed by atoms with Crippen LogP contribution < -0.4 is 4.74 Å². The van der Waals surface area contributed by atoms with Gasteiger partial charge in [0.15, 0.2) is 0 Å². The van der Waals surface area contributed by atoms with E-state index in [0.717, 1.165) is 15.5 Å². The summed E-state index contributed by atoms with van der Waals surface area (Å²) >= 11 is 7.47. The van der Waals surface area contributed by atoms with Crippen LogP contribution in [0.2, 0.25) is 5.02 Å². The van der Waals surface area contributed by atoms with Crippen LogP contribution in [0.5, 0.6) is 5.75 Å². The van der Waals surface area contributed by atoms with Crippen LogP contribution in [0.1, 0.15) is 10.4 Å². The first-order valence-corrected chi connectivity index (χ1v) is 7.03. The van der Waals surface area contributed by atoms with E-state index in [1.54, 1.807) is 25.3 Å². The number of esters is 1. The molecule has 0 saturated carbocycles. The van der Waals surface area contributed by atoms with Crippen LogP contribution >= 0.6 is 23.4 Å². The van der Waals surface area contributed by atoms with Gasteiger partial charge in [-0.05, 0) is 42.5 Å². The lowest BCUT2D eigenvalue weighted by Crippen LogP contribution is -2.00. The minimum absolute atomic E-state index is 0.342. The topological polar surface area (TPSA) is 35.5 Å². The van der Waals surface area contributed by atoms with Gasteiger partial charge in [-0.1, -0.05) is 23.4 Å². The summed E-state index contributed by atoms with van der Waals surface area (Å²) < 4.78 is 9.96. The molecule has 2 aromatic rings. The number of halogens is 1. The summed E-state index contributed by atoms with van der Waals surface area (Å²) in [5.41, 5.74) is 0.528. The van der Waals surface area contributed by atoms with E-state index in [4.69, 9.17) is 16.3 Å². The van der Waals surface area contributed by atoms with Crippen LogP contribution in [0.4, 0.5) is 0 Å². The summed E-state index contributed by atoms with van der Waals surface area (Å²) in [5.74, 6) is 0.380. The monoisotopic (exact) mass is 308 g/mol. The van der Waals surface area contributed by atoms with Crippen molar-refractivity contribution in [1.29, 1.82) is 0 Å². The van der Waals surface area contributed by atoms with E-state index in [9.17, 15) is 4.79 Å². The summed E-state index contributed by atoms with van der Waals surface area (Å²) in [7, 11) is 2.97. The molecule has 2 rings (SSSR count). The maximum atomic E-state index is 11.4. The van der Waals surface area contributed by atoms with E-state index < -0.39 is 0 Å². The van der Waals surface area contributed by atoms with E-state index in [-0.39, 0.29) is 5.97 Å². The summed E-state index contributed by atoms with van der Waals surface area (Å²) in [4.78, 5) is 13.3. The Morgan fingerprint density at radius 3 is 2.40 bits per heavy atom. The molecule has 3 nitrogen and oxygen atoms in total. The maximum absolute atomic E-state index is 11.4. The molecule has 0 saturated heterocycles. The zero-order valence-electron chi connectivity index (χ0n) is 11.1. The molecule has 0 N–H and O–H groups in total. The lowest BCUT2D eigenvalue weighted by Gasteiger charge is -2.08. The van der Waals surface area contributed by atoms with E-state index in [2.05, 4.69) is 4.74 Å². The van der Waals surface area contributed by atoms with E-state index in [1.807, 2.05) is 24.3 Å². The van der Waals surface area contributed by atoms with Crippen molar-refractivity contribution in [2.45, 2.75) is 9.79 Å². The van der Waals surface area contributed by atoms with Gasteiger partial charge < -0.3 is 9.47 Å². The van der Waals surface area contributed by atoms with Gasteiger partial charge in [0.05, 0.1) is 24.7 Å². The van der Waals surface area contributed by atoms with E-state index in [1.165, 1.54) is 18.9 Å². The Kier molecular flexibility index (Phi) is 4.93.